The second-order valence-corrected chi connectivity index (χ2v) is 7.48. The molecule has 0 aliphatic carbocycles. The number of hydrogen-bond acceptors (Lipinski definition) is 2. The Labute approximate surface area is 144 Å². The molecule has 3 heteroatoms. The second kappa shape index (κ2) is 6.21. The van der Waals surface area contributed by atoms with Crippen molar-refractivity contribution < 1.29 is 4.74 Å². The van der Waals surface area contributed by atoms with Crippen LogP contribution in [-0.2, 0) is 18.2 Å². The van der Waals surface area contributed by atoms with Gasteiger partial charge in [0.1, 0.15) is 0 Å². The molecule has 0 amide bonds. The first-order valence-electron chi connectivity index (χ1n) is 8.72. The fraction of sp³-hybridized carbons (Fsp3) is 0.476. The maximum atomic E-state index is 12.6. The molecule has 3 nitrogen and oxygen atoms in total. The van der Waals surface area contributed by atoms with Gasteiger partial charge in [-0.2, -0.15) is 0 Å². The van der Waals surface area contributed by atoms with Crippen LogP contribution in [0, 0.1) is 6.92 Å². The van der Waals surface area contributed by atoms with Crippen LogP contribution in [0.4, 0.5) is 0 Å². The highest BCUT2D eigenvalue weighted by molar-refractivity contribution is 5.80. The van der Waals surface area contributed by atoms with Crippen molar-refractivity contribution in [3.63, 3.8) is 0 Å². The molecule has 2 heterocycles. The van der Waals surface area contributed by atoms with Gasteiger partial charge in [0.15, 0.2) is 5.43 Å². The van der Waals surface area contributed by atoms with Crippen LogP contribution in [0.2, 0.25) is 0 Å². The standard InChI is InChI=1S/C21H27NO2/c1-14(11-13-19-21(3,4)24-19)10-12-17-15(2)20(23)16-8-6-7-9-18(16)22(17)5/h6-10,19H,11-13H2,1-5H3/b14-10+/t19-/m1/s1. The summed E-state index contributed by atoms with van der Waals surface area (Å²) in [4.78, 5) is 12.6. The number of nitrogens with zero attached hydrogens (tertiary/aromatic N) is 1. The minimum atomic E-state index is 0.0686. The summed E-state index contributed by atoms with van der Waals surface area (Å²) in [6.07, 6.45) is 5.57. The van der Waals surface area contributed by atoms with Gasteiger partial charge in [-0.3, -0.25) is 4.79 Å². The highest BCUT2D eigenvalue weighted by Gasteiger charge is 2.46. The molecule has 1 saturated heterocycles. The number of allylic oxidation sites excluding steroid dienone is 2. The van der Waals surface area contributed by atoms with Crippen molar-refractivity contribution in [3.8, 4) is 0 Å². The van der Waals surface area contributed by atoms with Crippen LogP contribution in [-0.4, -0.2) is 16.3 Å². The van der Waals surface area contributed by atoms with E-state index >= 15 is 0 Å². The third-order valence-electron chi connectivity index (χ3n) is 5.30. The first-order chi connectivity index (χ1) is 11.3. The Hall–Kier alpha value is -1.87. The average Bonchev–Trinajstić information content (AvgIpc) is 3.18. The van der Waals surface area contributed by atoms with Gasteiger partial charge in [-0.15, -0.1) is 0 Å². The van der Waals surface area contributed by atoms with Gasteiger partial charge in [-0.05, 0) is 52.7 Å². The zero-order chi connectivity index (χ0) is 17.5. The first kappa shape index (κ1) is 17.0. The van der Waals surface area contributed by atoms with E-state index in [-0.39, 0.29) is 11.0 Å². The lowest BCUT2D eigenvalue weighted by molar-refractivity contribution is 0.320. The van der Waals surface area contributed by atoms with E-state index in [1.807, 2.05) is 38.2 Å². The van der Waals surface area contributed by atoms with E-state index in [4.69, 9.17) is 4.74 Å². The summed E-state index contributed by atoms with van der Waals surface area (Å²) in [5.74, 6) is 0. The van der Waals surface area contributed by atoms with Gasteiger partial charge in [0.2, 0.25) is 0 Å². The average molecular weight is 325 g/mol. The Morgan fingerprint density at radius 3 is 2.67 bits per heavy atom. The van der Waals surface area contributed by atoms with Crippen LogP contribution >= 0.6 is 0 Å². The summed E-state index contributed by atoms with van der Waals surface area (Å²) in [7, 11) is 2.05. The summed E-state index contributed by atoms with van der Waals surface area (Å²) in [6.45, 7) is 8.40. The molecule has 1 aromatic carbocycles. The van der Waals surface area contributed by atoms with E-state index in [0.717, 1.165) is 41.4 Å². The van der Waals surface area contributed by atoms with Gasteiger partial charge in [0.25, 0.3) is 0 Å². The molecule has 1 aromatic heterocycles. The van der Waals surface area contributed by atoms with Crippen LogP contribution in [0.1, 0.15) is 44.9 Å². The number of rotatable bonds is 5. The van der Waals surface area contributed by atoms with Gasteiger partial charge < -0.3 is 9.30 Å². The van der Waals surface area contributed by atoms with Crippen molar-refractivity contribution in [1.82, 2.24) is 4.57 Å². The molecule has 1 aliphatic heterocycles. The molecule has 0 spiro atoms. The predicted molar refractivity (Wildman–Crippen MR) is 99.6 cm³/mol. The summed E-state index contributed by atoms with van der Waals surface area (Å²) >= 11 is 0. The second-order valence-electron chi connectivity index (χ2n) is 7.48. The quantitative estimate of drug-likeness (QED) is 0.607. The van der Waals surface area contributed by atoms with Crippen LogP contribution in [0.3, 0.4) is 0 Å². The van der Waals surface area contributed by atoms with E-state index in [1.54, 1.807) is 0 Å². The van der Waals surface area contributed by atoms with Gasteiger partial charge in [-0.25, -0.2) is 0 Å². The van der Waals surface area contributed by atoms with Crippen LogP contribution in [0.5, 0.6) is 0 Å². The number of pyridine rings is 1. The maximum absolute atomic E-state index is 12.6. The lowest BCUT2D eigenvalue weighted by Crippen LogP contribution is -2.16. The molecule has 1 atom stereocenters. The minimum Gasteiger partial charge on any atom is -0.367 e. The molecule has 2 aromatic rings. The van der Waals surface area contributed by atoms with Crippen molar-refractivity contribution in [2.24, 2.45) is 7.05 Å². The van der Waals surface area contributed by atoms with E-state index in [1.165, 1.54) is 5.57 Å². The number of ether oxygens (including phenoxy) is 1. The molecule has 24 heavy (non-hydrogen) atoms. The maximum Gasteiger partial charge on any atom is 0.192 e. The lowest BCUT2D eigenvalue weighted by Gasteiger charge is -2.14. The van der Waals surface area contributed by atoms with Crippen molar-refractivity contribution >= 4 is 10.9 Å². The van der Waals surface area contributed by atoms with Crippen molar-refractivity contribution in [2.45, 2.75) is 58.7 Å². The van der Waals surface area contributed by atoms with Crippen LogP contribution in [0.25, 0.3) is 10.9 Å². The Bertz CT molecular complexity index is 858. The summed E-state index contributed by atoms with van der Waals surface area (Å²) in [6, 6.07) is 7.84. The number of hydrogen-bond donors (Lipinski definition) is 0. The molecular weight excluding hydrogens is 298 g/mol. The van der Waals surface area contributed by atoms with E-state index < -0.39 is 0 Å². The zero-order valence-electron chi connectivity index (χ0n) is 15.3. The molecule has 3 rings (SSSR count). The van der Waals surface area contributed by atoms with E-state index in [9.17, 15) is 4.79 Å². The molecule has 128 valence electrons. The van der Waals surface area contributed by atoms with Gasteiger partial charge in [-0.1, -0.05) is 23.8 Å². The predicted octanol–water partition coefficient (Wildman–Crippen LogP) is 4.29. The normalized spacial score (nSPS) is 19.7. The zero-order valence-corrected chi connectivity index (χ0v) is 15.3. The van der Waals surface area contributed by atoms with Gasteiger partial charge in [0, 0.05) is 30.1 Å². The number of benzene rings is 1. The Morgan fingerprint density at radius 2 is 2.00 bits per heavy atom. The largest absolute Gasteiger partial charge is 0.367 e. The molecule has 0 bridgehead atoms. The summed E-state index contributed by atoms with van der Waals surface area (Å²) in [5, 5.41) is 0.801. The third-order valence-corrected chi connectivity index (χ3v) is 5.30. The number of fused-ring (bicyclic) bond motifs is 1. The fourth-order valence-electron chi connectivity index (χ4n) is 3.45. The Kier molecular flexibility index (Phi) is 4.39. The molecular formula is C21H27NO2. The van der Waals surface area contributed by atoms with Gasteiger partial charge >= 0.3 is 0 Å². The molecule has 0 N–H and O–H groups in total. The molecule has 0 radical (unpaired) electrons. The highest BCUT2D eigenvalue weighted by atomic mass is 16.6. The van der Waals surface area contributed by atoms with Crippen LogP contribution < -0.4 is 5.43 Å². The smallest absolute Gasteiger partial charge is 0.192 e. The number of epoxide rings is 1. The Balaban J connectivity index is 1.80. The highest BCUT2D eigenvalue weighted by Crippen LogP contribution is 2.38. The molecule has 1 aliphatic rings. The summed E-state index contributed by atoms with van der Waals surface area (Å²) in [5.41, 5.74) is 4.54. The van der Waals surface area contributed by atoms with Crippen LogP contribution in [0.15, 0.2) is 40.7 Å². The van der Waals surface area contributed by atoms with E-state index in [2.05, 4.69) is 31.4 Å². The molecule has 0 unspecified atom stereocenters. The first-order valence-corrected chi connectivity index (χ1v) is 8.72. The fourth-order valence-corrected chi connectivity index (χ4v) is 3.45. The van der Waals surface area contributed by atoms with E-state index in [0.29, 0.717) is 6.10 Å². The number of aryl methyl sites for hydroxylation is 1. The molecule has 1 fully saturated rings. The number of aromatic nitrogens is 1. The minimum absolute atomic E-state index is 0.0686. The molecule has 0 saturated carbocycles. The topological polar surface area (TPSA) is 34.5 Å². The lowest BCUT2D eigenvalue weighted by atomic mass is 10.0. The van der Waals surface area contributed by atoms with Gasteiger partial charge in [0.05, 0.1) is 17.2 Å². The Morgan fingerprint density at radius 1 is 1.33 bits per heavy atom. The monoisotopic (exact) mass is 325 g/mol. The number of para-hydroxylation sites is 1. The third kappa shape index (κ3) is 3.18. The van der Waals surface area contributed by atoms with Crippen molar-refractivity contribution in [1.29, 1.82) is 0 Å². The van der Waals surface area contributed by atoms with Crippen molar-refractivity contribution in [3.05, 3.63) is 57.4 Å². The SMILES string of the molecule is C/C(=C\Cc1c(C)c(=O)c2ccccc2n1C)CC[C@H]1OC1(C)C. The van der Waals surface area contributed by atoms with Crippen molar-refractivity contribution in [2.75, 3.05) is 0 Å². The summed E-state index contributed by atoms with van der Waals surface area (Å²) < 4.78 is 7.80.